The Morgan fingerprint density at radius 3 is 2.17 bits per heavy atom. The minimum Gasteiger partial charge on any atom is -0.493 e. The molecule has 0 fully saturated rings. The SMILES string of the molecule is COc1cc(C(=O)NCC(=O)OCC(=O)c2cc(C)n(-c3ccccc3F)c2C)cc(OC)c1OC. The first-order valence-electron chi connectivity index (χ1n) is 10.9. The zero-order chi connectivity index (χ0) is 26.4. The quantitative estimate of drug-likeness (QED) is 0.337. The van der Waals surface area contributed by atoms with Gasteiger partial charge in [0.15, 0.2) is 18.1 Å². The van der Waals surface area contributed by atoms with Crippen LogP contribution in [0.4, 0.5) is 4.39 Å². The molecule has 36 heavy (non-hydrogen) atoms. The van der Waals surface area contributed by atoms with E-state index in [1.54, 1.807) is 42.7 Å². The highest BCUT2D eigenvalue weighted by atomic mass is 19.1. The number of halogens is 1. The van der Waals surface area contributed by atoms with Crippen LogP contribution in [0.2, 0.25) is 0 Å². The van der Waals surface area contributed by atoms with Gasteiger partial charge >= 0.3 is 5.97 Å². The number of hydrogen-bond donors (Lipinski definition) is 1. The van der Waals surface area contributed by atoms with Crippen molar-refractivity contribution in [1.82, 2.24) is 9.88 Å². The number of amides is 1. The Hall–Kier alpha value is -4.34. The highest BCUT2D eigenvalue weighted by Crippen LogP contribution is 2.38. The molecule has 0 aliphatic carbocycles. The Bertz CT molecular complexity index is 1270. The summed E-state index contributed by atoms with van der Waals surface area (Å²) >= 11 is 0. The molecule has 10 heteroatoms. The van der Waals surface area contributed by atoms with Gasteiger partial charge in [-0.2, -0.15) is 0 Å². The third-order valence-corrected chi connectivity index (χ3v) is 5.51. The molecule has 0 aliphatic rings. The lowest BCUT2D eigenvalue weighted by atomic mass is 10.1. The van der Waals surface area contributed by atoms with Crippen LogP contribution in [0.25, 0.3) is 5.69 Å². The minimum atomic E-state index is -0.799. The molecule has 2 aromatic carbocycles. The van der Waals surface area contributed by atoms with Crippen LogP contribution >= 0.6 is 0 Å². The molecule has 0 saturated heterocycles. The van der Waals surface area contributed by atoms with Crippen molar-refractivity contribution in [2.45, 2.75) is 13.8 Å². The van der Waals surface area contributed by atoms with E-state index in [4.69, 9.17) is 18.9 Å². The lowest BCUT2D eigenvalue weighted by molar-refractivity contribution is -0.141. The van der Waals surface area contributed by atoms with Gasteiger partial charge in [0.2, 0.25) is 11.5 Å². The van der Waals surface area contributed by atoms with Crippen LogP contribution in [-0.2, 0) is 9.53 Å². The summed E-state index contributed by atoms with van der Waals surface area (Å²) in [5, 5.41) is 2.43. The molecular formula is C26H27FN2O7. The average Bonchev–Trinajstić information content (AvgIpc) is 3.18. The van der Waals surface area contributed by atoms with Gasteiger partial charge in [-0.1, -0.05) is 12.1 Å². The van der Waals surface area contributed by atoms with Crippen LogP contribution < -0.4 is 19.5 Å². The summed E-state index contributed by atoms with van der Waals surface area (Å²) in [5.74, 6) is -1.37. The van der Waals surface area contributed by atoms with E-state index in [0.29, 0.717) is 28.4 Å². The Kier molecular flexibility index (Phi) is 8.31. The number of Topliss-reactive ketones (excluding diaryl/α,β-unsaturated/α-hetero) is 1. The smallest absolute Gasteiger partial charge is 0.325 e. The number of benzene rings is 2. The largest absolute Gasteiger partial charge is 0.493 e. The van der Waals surface area contributed by atoms with Crippen molar-refractivity contribution < 1.29 is 37.7 Å². The molecule has 190 valence electrons. The first-order chi connectivity index (χ1) is 17.2. The molecule has 0 atom stereocenters. The number of aromatic nitrogens is 1. The van der Waals surface area contributed by atoms with Gasteiger partial charge in [-0.05, 0) is 44.2 Å². The van der Waals surface area contributed by atoms with E-state index in [1.165, 1.54) is 39.5 Å². The number of para-hydroxylation sites is 1. The van der Waals surface area contributed by atoms with Crippen molar-refractivity contribution in [3.63, 3.8) is 0 Å². The molecule has 1 heterocycles. The molecule has 0 spiro atoms. The molecule has 0 bridgehead atoms. The number of rotatable bonds is 10. The van der Waals surface area contributed by atoms with Crippen molar-refractivity contribution in [3.05, 3.63) is 70.8 Å². The number of esters is 1. The molecule has 0 unspecified atom stereocenters. The van der Waals surface area contributed by atoms with Gasteiger partial charge in [0.25, 0.3) is 5.91 Å². The number of hydrogen-bond acceptors (Lipinski definition) is 7. The molecular weight excluding hydrogens is 471 g/mol. The van der Waals surface area contributed by atoms with E-state index in [9.17, 15) is 18.8 Å². The lowest BCUT2D eigenvalue weighted by Gasteiger charge is -2.14. The van der Waals surface area contributed by atoms with Gasteiger partial charge in [-0.15, -0.1) is 0 Å². The Morgan fingerprint density at radius 1 is 0.944 bits per heavy atom. The molecule has 1 aromatic heterocycles. The number of carbonyl (C=O) groups excluding carboxylic acids is 3. The van der Waals surface area contributed by atoms with Gasteiger partial charge in [0, 0.05) is 22.5 Å². The van der Waals surface area contributed by atoms with Crippen LogP contribution in [0.5, 0.6) is 17.2 Å². The minimum absolute atomic E-state index is 0.175. The number of nitrogens with one attached hydrogen (secondary N) is 1. The predicted molar refractivity (Wildman–Crippen MR) is 129 cm³/mol. The molecule has 1 N–H and O–H groups in total. The maximum atomic E-state index is 14.3. The van der Waals surface area contributed by atoms with Crippen molar-refractivity contribution in [2.75, 3.05) is 34.5 Å². The highest BCUT2D eigenvalue weighted by Gasteiger charge is 2.21. The number of carbonyl (C=O) groups is 3. The lowest BCUT2D eigenvalue weighted by Crippen LogP contribution is -2.31. The standard InChI is InChI=1S/C26H27FN2O7/c1-15-10-18(16(2)29(15)20-9-7-6-8-19(20)27)21(30)14-36-24(31)13-28-26(32)17-11-22(33-3)25(35-5)23(12-17)34-4/h6-12H,13-14H2,1-5H3,(H,28,32). The van der Waals surface area contributed by atoms with Crippen LogP contribution in [0, 0.1) is 19.7 Å². The van der Waals surface area contributed by atoms with E-state index in [1.807, 2.05) is 0 Å². The maximum absolute atomic E-state index is 14.3. The summed E-state index contributed by atoms with van der Waals surface area (Å²) < 4.78 is 36.6. The summed E-state index contributed by atoms with van der Waals surface area (Å²) in [5.41, 5.74) is 1.98. The molecule has 0 saturated carbocycles. The zero-order valence-electron chi connectivity index (χ0n) is 20.6. The average molecular weight is 499 g/mol. The van der Waals surface area contributed by atoms with Gasteiger partial charge < -0.3 is 28.8 Å². The fraction of sp³-hybridized carbons (Fsp3) is 0.269. The number of ether oxygens (including phenoxy) is 4. The van der Waals surface area contributed by atoms with Crippen LogP contribution in [-0.4, -0.2) is 56.7 Å². The third kappa shape index (κ3) is 5.48. The normalized spacial score (nSPS) is 10.5. The topological polar surface area (TPSA) is 105 Å². The third-order valence-electron chi connectivity index (χ3n) is 5.51. The Labute approximate surface area is 207 Å². The monoisotopic (exact) mass is 498 g/mol. The molecule has 1 amide bonds. The molecule has 3 aromatic rings. The highest BCUT2D eigenvalue weighted by molar-refractivity contribution is 6.00. The number of methoxy groups -OCH3 is 3. The van der Waals surface area contributed by atoms with Crippen molar-refractivity contribution >= 4 is 17.7 Å². The molecule has 9 nitrogen and oxygen atoms in total. The van der Waals surface area contributed by atoms with Crippen LogP contribution in [0.1, 0.15) is 32.1 Å². The van der Waals surface area contributed by atoms with Crippen molar-refractivity contribution in [3.8, 4) is 22.9 Å². The zero-order valence-corrected chi connectivity index (χ0v) is 20.6. The van der Waals surface area contributed by atoms with Crippen molar-refractivity contribution in [2.24, 2.45) is 0 Å². The van der Waals surface area contributed by atoms with Gasteiger partial charge in [0.1, 0.15) is 12.4 Å². The maximum Gasteiger partial charge on any atom is 0.325 e. The summed E-state index contributed by atoms with van der Waals surface area (Å²) in [6.45, 7) is 2.45. The number of aryl methyl sites for hydroxylation is 1. The molecule has 0 radical (unpaired) electrons. The van der Waals surface area contributed by atoms with Crippen LogP contribution in [0.3, 0.4) is 0 Å². The molecule has 3 rings (SSSR count). The van der Waals surface area contributed by atoms with Gasteiger partial charge in [-0.25, -0.2) is 4.39 Å². The summed E-state index contributed by atoms with van der Waals surface area (Å²) in [6.07, 6.45) is 0. The van der Waals surface area contributed by atoms with E-state index in [-0.39, 0.29) is 17.1 Å². The van der Waals surface area contributed by atoms with E-state index < -0.39 is 36.6 Å². The van der Waals surface area contributed by atoms with Gasteiger partial charge in [0.05, 0.1) is 27.0 Å². The fourth-order valence-electron chi connectivity index (χ4n) is 3.79. The Morgan fingerprint density at radius 2 is 1.58 bits per heavy atom. The van der Waals surface area contributed by atoms with E-state index in [0.717, 1.165) is 0 Å². The van der Waals surface area contributed by atoms with E-state index >= 15 is 0 Å². The number of ketones is 1. The summed E-state index contributed by atoms with van der Waals surface area (Å²) in [4.78, 5) is 37.4. The predicted octanol–water partition coefficient (Wildman–Crippen LogP) is 3.41. The summed E-state index contributed by atoms with van der Waals surface area (Å²) in [7, 11) is 4.28. The second-order valence-electron chi connectivity index (χ2n) is 7.75. The van der Waals surface area contributed by atoms with Crippen LogP contribution in [0.15, 0.2) is 42.5 Å². The number of nitrogens with zero attached hydrogens (tertiary/aromatic N) is 1. The van der Waals surface area contributed by atoms with E-state index in [2.05, 4.69) is 5.32 Å². The first-order valence-corrected chi connectivity index (χ1v) is 10.9. The second kappa shape index (κ2) is 11.4. The summed E-state index contributed by atoms with van der Waals surface area (Å²) in [6, 6.07) is 10.7. The first kappa shape index (κ1) is 26.3. The Balaban J connectivity index is 1.62. The fourth-order valence-corrected chi connectivity index (χ4v) is 3.79. The molecule has 0 aliphatic heterocycles. The van der Waals surface area contributed by atoms with Crippen molar-refractivity contribution in [1.29, 1.82) is 0 Å². The van der Waals surface area contributed by atoms with Gasteiger partial charge in [-0.3, -0.25) is 14.4 Å². The second-order valence-corrected chi connectivity index (χ2v) is 7.75.